The summed E-state index contributed by atoms with van der Waals surface area (Å²) in [5.74, 6) is -3.27. The maximum Gasteiger partial charge on any atom is 0.303 e. The Hall–Kier alpha value is -1.64. The highest BCUT2D eigenvalue weighted by Gasteiger charge is 2.76. The van der Waals surface area contributed by atoms with Gasteiger partial charge in [0.1, 0.15) is 17.4 Å². The van der Waals surface area contributed by atoms with Gasteiger partial charge in [-0.2, -0.15) is 0 Å². The Balaban J connectivity index is 1.76. The summed E-state index contributed by atoms with van der Waals surface area (Å²) in [6, 6.07) is 0. The minimum atomic E-state index is -2.10. The fraction of sp³-hybridized carbons (Fsp3) is 0.792. The Morgan fingerprint density at radius 3 is 2.50 bits per heavy atom. The van der Waals surface area contributed by atoms with Crippen molar-refractivity contribution in [2.24, 2.45) is 28.6 Å². The van der Waals surface area contributed by atoms with Crippen LogP contribution in [0.2, 0.25) is 0 Å². The number of ketones is 2. The van der Waals surface area contributed by atoms with Crippen molar-refractivity contribution in [2.75, 3.05) is 6.61 Å². The summed E-state index contributed by atoms with van der Waals surface area (Å²) in [5.41, 5.74) is -5.68. The topological polar surface area (TPSA) is 121 Å². The number of carbonyl (C=O) groups is 3. The Morgan fingerprint density at radius 1 is 1.22 bits per heavy atom. The van der Waals surface area contributed by atoms with Crippen molar-refractivity contribution >= 4 is 17.5 Å². The molecule has 32 heavy (non-hydrogen) atoms. The molecule has 0 aromatic heterocycles. The summed E-state index contributed by atoms with van der Waals surface area (Å²) >= 11 is 0. The molecule has 7 nitrogen and oxygen atoms in total. The van der Waals surface area contributed by atoms with Crippen LogP contribution in [0.4, 0.5) is 4.39 Å². The lowest BCUT2D eigenvalue weighted by Gasteiger charge is -2.63. The van der Waals surface area contributed by atoms with E-state index in [0.29, 0.717) is 24.8 Å². The van der Waals surface area contributed by atoms with Gasteiger partial charge in [0.05, 0.1) is 6.10 Å². The van der Waals surface area contributed by atoms with E-state index in [4.69, 9.17) is 4.74 Å². The van der Waals surface area contributed by atoms with Crippen LogP contribution in [0.25, 0.3) is 0 Å². The molecular formula is C24H33FO7. The first-order valence-electron chi connectivity index (χ1n) is 11.4. The number of allylic oxidation sites excluding steroid dienone is 1. The summed E-state index contributed by atoms with van der Waals surface area (Å²) < 4.78 is 22.0. The van der Waals surface area contributed by atoms with Crippen molar-refractivity contribution in [3.05, 3.63) is 11.6 Å². The third-order valence-electron chi connectivity index (χ3n) is 9.49. The van der Waals surface area contributed by atoms with Crippen LogP contribution in [0, 0.1) is 28.6 Å². The highest BCUT2D eigenvalue weighted by molar-refractivity contribution is 5.95. The Bertz CT molecular complexity index is 901. The van der Waals surface area contributed by atoms with Crippen LogP contribution in [0.15, 0.2) is 11.6 Å². The number of Topliss-reactive ketones (excluding diaryl/α,β-unsaturated/α-hetero) is 1. The van der Waals surface area contributed by atoms with Gasteiger partial charge < -0.3 is 20.1 Å². The van der Waals surface area contributed by atoms with Crippen molar-refractivity contribution in [2.45, 2.75) is 83.3 Å². The summed E-state index contributed by atoms with van der Waals surface area (Å²) in [7, 11) is 0. The first-order valence-corrected chi connectivity index (χ1v) is 11.4. The van der Waals surface area contributed by atoms with Gasteiger partial charge >= 0.3 is 5.97 Å². The number of alkyl halides is 1. The van der Waals surface area contributed by atoms with Gasteiger partial charge in [-0.1, -0.05) is 26.3 Å². The second-order valence-corrected chi connectivity index (χ2v) is 10.9. The van der Waals surface area contributed by atoms with Gasteiger partial charge in [-0.3, -0.25) is 14.4 Å². The van der Waals surface area contributed by atoms with Gasteiger partial charge in [0.2, 0.25) is 5.78 Å². The van der Waals surface area contributed by atoms with Crippen LogP contribution in [-0.4, -0.2) is 62.9 Å². The highest BCUT2D eigenvalue weighted by atomic mass is 19.1. The molecule has 1 unspecified atom stereocenters. The third-order valence-corrected chi connectivity index (χ3v) is 9.49. The van der Waals surface area contributed by atoms with E-state index in [-0.39, 0.29) is 12.8 Å². The van der Waals surface area contributed by atoms with Gasteiger partial charge in [0, 0.05) is 23.7 Å². The Labute approximate surface area is 187 Å². The van der Waals surface area contributed by atoms with Crippen LogP contribution in [0.5, 0.6) is 0 Å². The number of aliphatic hydroxyl groups excluding tert-OH is 2. The fourth-order valence-corrected chi connectivity index (χ4v) is 7.83. The number of ether oxygens (including phenoxy) is 1. The standard InChI is InChI=1S/C24H33FO7/c1-12-7-16-15-6-5-14-8-17(27)18(28)9-21(14,3)23(15,25)19(29)10-22(16,4)24(12,31)20(30)11-32-13(2)26/h8,12,15-16,18-19,28-29,31H,5-7,9-11H2,1-4H3/t12-,15+,16+,18?,19+,21+,22+,23+,24+/m1/s1. The van der Waals surface area contributed by atoms with E-state index in [9.17, 15) is 29.7 Å². The molecule has 3 N–H and O–H groups in total. The monoisotopic (exact) mass is 452 g/mol. The van der Waals surface area contributed by atoms with Crippen molar-refractivity contribution in [3.8, 4) is 0 Å². The molecule has 4 aliphatic rings. The predicted octanol–water partition coefficient (Wildman–Crippen LogP) is 1.66. The Kier molecular flexibility index (Phi) is 5.27. The third kappa shape index (κ3) is 2.72. The quantitative estimate of drug-likeness (QED) is 0.557. The molecule has 0 aromatic rings. The zero-order valence-corrected chi connectivity index (χ0v) is 19.1. The SMILES string of the molecule is CC(=O)OCC(=O)[C@@]1(O)[C@H](C)C[C@H]2[C@@H]3CCC4=CC(=O)C(O)C[C@]4(C)[C@@]3(F)[C@@H](O)C[C@@]21C. The molecule has 0 heterocycles. The van der Waals surface area contributed by atoms with Gasteiger partial charge in [-0.25, -0.2) is 4.39 Å². The van der Waals surface area contributed by atoms with Crippen molar-refractivity contribution in [1.82, 2.24) is 0 Å². The van der Waals surface area contributed by atoms with E-state index < -0.39 is 76.2 Å². The second-order valence-electron chi connectivity index (χ2n) is 10.9. The fourth-order valence-electron chi connectivity index (χ4n) is 7.83. The zero-order chi connectivity index (χ0) is 23.9. The maximum absolute atomic E-state index is 17.1. The van der Waals surface area contributed by atoms with Crippen molar-refractivity contribution in [1.29, 1.82) is 0 Å². The van der Waals surface area contributed by atoms with E-state index in [1.54, 1.807) is 20.8 Å². The number of esters is 1. The van der Waals surface area contributed by atoms with Gasteiger partial charge in [-0.15, -0.1) is 0 Å². The Morgan fingerprint density at radius 2 is 1.88 bits per heavy atom. The van der Waals surface area contributed by atoms with Gasteiger partial charge in [-0.05, 0) is 50.0 Å². The van der Waals surface area contributed by atoms with Crippen LogP contribution >= 0.6 is 0 Å². The van der Waals surface area contributed by atoms with E-state index >= 15 is 4.39 Å². The minimum absolute atomic E-state index is 0.101. The lowest BCUT2D eigenvalue weighted by Crippen LogP contribution is -2.70. The number of rotatable bonds is 3. The van der Waals surface area contributed by atoms with Crippen molar-refractivity contribution in [3.63, 3.8) is 0 Å². The largest absolute Gasteiger partial charge is 0.458 e. The molecular weight excluding hydrogens is 419 g/mol. The molecule has 9 atom stereocenters. The van der Waals surface area contributed by atoms with Crippen LogP contribution in [0.1, 0.15) is 59.8 Å². The second kappa shape index (κ2) is 7.18. The van der Waals surface area contributed by atoms with Crippen LogP contribution < -0.4 is 0 Å². The summed E-state index contributed by atoms with van der Waals surface area (Å²) in [6.45, 7) is 5.74. The number of carbonyl (C=O) groups excluding carboxylic acids is 3. The molecule has 0 aromatic carbocycles. The average molecular weight is 453 g/mol. The first kappa shape index (κ1) is 23.5. The molecule has 0 aliphatic heterocycles. The zero-order valence-electron chi connectivity index (χ0n) is 19.1. The number of halogens is 1. The van der Waals surface area contributed by atoms with E-state index in [2.05, 4.69) is 0 Å². The molecule has 0 bridgehead atoms. The van der Waals surface area contributed by atoms with Gasteiger partial charge in [0.25, 0.3) is 0 Å². The molecule has 4 rings (SSSR count). The molecule has 0 spiro atoms. The average Bonchev–Trinajstić information content (AvgIpc) is 2.90. The number of aliphatic hydroxyl groups is 3. The normalized spacial score (nSPS) is 50.1. The lowest BCUT2D eigenvalue weighted by atomic mass is 9.43. The van der Waals surface area contributed by atoms with E-state index in [1.807, 2.05) is 0 Å². The molecule has 0 radical (unpaired) electrons. The lowest BCUT2D eigenvalue weighted by molar-refractivity contribution is -0.231. The molecule has 8 heteroatoms. The number of hydrogen-bond acceptors (Lipinski definition) is 7. The predicted molar refractivity (Wildman–Crippen MR) is 111 cm³/mol. The molecule has 0 saturated heterocycles. The van der Waals surface area contributed by atoms with Crippen LogP contribution in [0.3, 0.4) is 0 Å². The van der Waals surface area contributed by atoms with E-state index in [0.717, 1.165) is 0 Å². The molecule has 178 valence electrons. The maximum atomic E-state index is 17.1. The highest BCUT2D eigenvalue weighted by Crippen LogP contribution is 2.71. The molecule has 0 amide bonds. The van der Waals surface area contributed by atoms with Crippen molar-refractivity contribution < 1.29 is 38.8 Å². The van der Waals surface area contributed by atoms with E-state index in [1.165, 1.54) is 13.0 Å². The summed E-state index contributed by atoms with van der Waals surface area (Å²) in [6.07, 6.45) is -0.513. The first-order chi connectivity index (χ1) is 14.7. The minimum Gasteiger partial charge on any atom is -0.458 e. The molecule has 3 fully saturated rings. The molecule has 3 saturated carbocycles. The summed E-state index contributed by atoms with van der Waals surface area (Å²) in [4.78, 5) is 36.4. The van der Waals surface area contributed by atoms with Gasteiger partial charge in [0.15, 0.2) is 12.4 Å². The number of fused-ring (bicyclic) bond motifs is 5. The number of hydrogen-bond donors (Lipinski definition) is 3. The molecule has 4 aliphatic carbocycles. The smallest absolute Gasteiger partial charge is 0.303 e. The summed E-state index contributed by atoms with van der Waals surface area (Å²) in [5, 5.41) is 33.2. The van der Waals surface area contributed by atoms with Crippen LogP contribution in [-0.2, 0) is 19.1 Å².